The fourth-order valence-corrected chi connectivity index (χ4v) is 4.83. The fourth-order valence-electron chi connectivity index (χ4n) is 2.97. The highest BCUT2D eigenvalue weighted by Crippen LogP contribution is 2.38. The van der Waals surface area contributed by atoms with Crippen molar-refractivity contribution in [3.63, 3.8) is 0 Å². The van der Waals surface area contributed by atoms with Crippen LogP contribution in [0.4, 0.5) is 13.9 Å². The lowest BCUT2D eigenvalue weighted by atomic mass is 9.97. The molecule has 1 heterocycles. The molecule has 0 unspecified atom stereocenters. The number of halogens is 3. The predicted octanol–water partition coefficient (Wildman–Crippen LogP) is 5.41. The maximum absolute atomic E-state index is 12.9. The van der Waals surface area contributed by atoms with Crippen LogP contribution in [0.15, 0.2) is 65.8 Å². The summed E-state index contributed by atoms with van der Waals surface area (Å²) in [6, 6.07) is 14.2. The first-order valence-electron chi connectivity index (χ1n) is 8.40. The number of rotatable bonds is 6. The third-order valence-electron chi connectivity index (χ3n) is 4.20. The molecule has 0 spiro atoms. The van der Waals surface area contributed by atoms with E-state index in [1.165, 1.54) is 24.5 Å². The Labute approximate surface area is 179 Å². The molecular weight excluding hydrogens is 456 g/mol. The van der Waals surface area contributed by atoms with Gasteiger partial charge in [0.1, 0.15) is 12.1 Å². The van der Waals surface area contributed by atoms with Crippen LogP contribution in [0.1, 0.15) is 0 Å². The van der Waals surface area contributed by atoms with Gasteiger partial charge in [0.2, 0.25) is 5.13 Å². The highest BCUT2D eigenvalue weighted by atomic mass is 35.5. The Morgan fingerprint density at radius 3 is 2.63 bits per heavy atom. The van der Waals surface area contributed by atoms with Crippen LogP contribution in [0.5, 0.6) is 5.75 Å². The van der Waals surface area contributed by atoms with Gasteiger partial charge in [-0.2, -0.15) is 13.2 Å². The number of alkyl halides is 2. The van der Waals surface area contributed by atoms with E-state index >= 15 is 0 Å². The summed E-state index contributed by atoms with van der Waals surface area (Å²) in [4.78, 5) is 3.84. The SMILES string of the molecule is O=S(=O)(Nc1ncns1)c1ccc2c(-c3ccc(Cl)cc3OC(F)F)cccc2c1. The third-order valence-corrected chi connectivity index (χ3v) is 6.48. The largest absolute Gasteiger partial charge is 0.434 e. The number of sulfonamides is 1. The minimum absolute atomic E-state index is 0.0301. The zero-order chi connectivity index (χ0) is 21.3. The van der Waals surface area contributed by atoms with Gasteiger partial charge < -0.3 is 4.74 Å². The number of nitrogens with one attached hydrogen (secondary N) is 1. The number of ether oxygens (including phenoxy) is 1. The lowest BCUT2D eigenvalue weighted by Crippen LogP contribution is -2.12. The molecule has 30 heavy (non-hydrogen) atoms. The van der Waals surface area contributed by atoms with Crippen LogP contribution in [0.25, 0.3) is 21.9 Å². The Morgan fingerprint density at radius 2 is 1.90 bits per heavy atom. The van der Waals surface area contributed by atoms with Gasteiger partial charge in [0.05, 0.1) is 4.90 Å². The molecule has 6 nitrogen and oxygen atoms in total. The van der Waals surface area contributed by atoms with E-state index < -0.39 is 16.6 Å². The van der Waals surface area contributed by atoms with Crippen LogP contribution in [0, 0.1) is 0 Å². The van der Waals surface area contributed by atoms with E-state index in [9.17, 15) is 17.2 Å². The van der Waals surface area contributed by atoms with E-state index in [0.29, 0.717) is 21.9 Å². The first-order chi connectivity index (χ1) is 14.3. The predicted molar refractivity (Wildman–Crippen MR) is 112 cm³/mol. The molecule has 3 aromatic carbocycles. The molecule has 0 amide bonds. The van der Waals surface area contributed by atoms with E-state index in [4.69, 9.17) is 11.6 Å². The van der Waals surface area contributed by atoms with Gasteiger partial charge in [0.15, 0.2) is 0 Å². The van der Waals surface area contributed by atoms with Crippen LogP contribution in [0.3, 0.4) is 0 Å². The summed E-state index contributed by atoms with van der Waals surface area (Å²) in [7, 11) is -3.87. The van der Waals surface area contributed by atoms with Gasteiger partial charge in [-0.15, -0.1) is 0 Å². The van der Waals surface area contributed by atoms with E-state index in [0.717, 1.165) is 11.5 Å². The lowest BCUT2D eigenvalue weighted by molar-refractivity contribution is -0.0494. The summed E-state index contributed by atoms with van der Waals surface area (Å²) < 4.78 is 61.7. The highest BCUT2D eigenvalue weighted by molar-refractivity contribution is 7.93. The molecule has 154 valence electrons. The first-order valence-corrected chi connectivity index (χ1v) is 11.0. The van der Waals surface area contributed by atoms with Crippen LogP contribution >= 0.6 is 23.1 Å². The van der Waals surface area contributed by atoms with Gasteiger partial charge in [0, 0.05) is 22.1 Å². The van der Waals surface area contributed by atoms with Crippen molar-refractivity contribution < 1.29 is 21.9 Å². The normalized spacial score (nSPS) is 11.7. The summed E-state index contributed by atoms with van der Waals surface area (Å²) in [5, 5.41) is 1.67. The minimum atomic E-state index is -3.87. The van der Waals surface area contributed by atoms with Crippen molar-refractivity contribution in [3.05, 3.63) is 65.9 Å². The van der Waals surface area contributed by atoms with Gasteiger partial charge in [0.25, 0.3) is 10.0 Å². The van der Waals surface area contributed by atoms with E-state index in [1.54, 1.807) is 36.4 Å². The van der Waals surface area contributed by atoms with Crippen molar-refractivity contribution in [2.75, 3.05) is 4.72 Å². The lowest BCUT2D eigenvalue weighted by Gasteiger charge is -2.14. The summed E-state index contributed by atoms with van der Waals surface area (Å²) in [5.74, 6) is -0.0698. The zero-order valence-electron chi connectivity index (χ0n) is 14.9. The highest BCUT2D eigenvalue weighted by Gasteiger charge is 2.18. The summed E-state index contributed by atoms with van der Waals surface area (Å²) in [6.07, 6.45) is 1.25. The van der Waals surface area contributed by atoms with Crippen molar-refractivity contribution in [1.29, 1.82) is 0 Å². The van der Waals surface area contributed by atoms with Gasteiger partial charge in [-0.3, -0.25) is 4.72 Å². The Bertz CT molecular complexity index is 1320. The third kappa shape index (κ3) is 4.20. The maximum atomic E-state index is 12.9. The molecule has 0 aliphatic heterocycles. The first kappa shape index (κ1) is 20.5. The Hall–Kier alpha value is -2.82. The Kier molecular flexibility index (Phi) is 5.54. The maximum Gasteiger partial charge on any atom is 0.387 e. The summed E-state index contributed by atoms with van der Waals surface area (Å²) in [5.41, 5.74) is 1.01. The molecule has 1 aromatic heterocycles. The molecule has 1 N–H and O–H groups in total. The topological polar surface area (TPSA) is 81.2 Å². The molecule has 0 radical (unpaired) electrons. The van der Waals surface area contributed by atoms with Crippen molar-refractivity contribution in [3.8, 4) is 16.9 Å². The van der Waals surface area contributed by atoms with Gasteiger partial charge in [-0.25, -0.2) is 13.4 Å². The van der Waals surface area contributed by atoms with Crippen molar-refractivity contribution in [2.45, 2.75) is 11.5 Å². The number of benzene rings is 3. The van der Waals surface area contributed by atoms with Crippen molar-refractivity contribution in [1.82, 2.24) is 9.36 Å². The number of anilines is 1. The summed E-state index contributed by atoms with van der Waals surface area (Å²) in [6.45, 7) is -3.01. The molecule has 0 atom stereocenters. The van der Waals surface area contributed by atoms with Crippen LogP contribution in [0.2, 0.25) is 5.02 Å². The molecule has 0 aliphatic rings. The van der Waals surface area contributed by atoms with Crippen LogP contribution in [-0.2, 0) is 10.0 Å². The molecule has 4 rings (SSSR count). The average Bonchev–Trinajstić information content (AvgIpc) is 3.19. The number of fused-ring (bicyclic) bond motifs is 1. The minimum Gasteiger partial charge on any atom is -0.434 e. The molecule has 11 heteroatoms. The van der Waals surface area contributed by atoms with Crippen LogP contribution < -0.4 is 9.46 Å². The van der Waals surface area contributed by atoms with Crippen molar-refractivity contribution in [2.24, 2.45) is 0 Å². The molecule has 0 saturated heterocycles. The van der Waals surface area contributed by atoms with E-state index in [2.05, 4.69) is 18.8 Å². The average molecular weight is 468 g/mol. The van der Waals surface area contributed by atoms with E-state index in [1.807, 2.05) is 0 Å². The second kappa shape index (κ2) is 8.13. The van der Waals surface area contributed by atoms with Gasteiger partial charge in [-0.1, -0.05) is 35.9 Å². The number of nitrogens with zero attached hydrogens (tertiary/aromatic N) is 2. The van der Waals surface area contributed by atoms with E-state index in [-0.39, 0.29) is 20.8 Å². The fraction of sp³-hybridized carbons (Fsp3) is 0.0526. The Balaban J connectivity index is 1.80. The molecular formula is C19H12ClF2N3O3S2. The smallest absolute Gasteiger partial charge is 0.387 e. The molecule has 0 saturated carbocycles. The van der Waals surface area contributed by atoms with Crippen LogP contribution in [-0.4, -0.2) is 24.4 Å². The molecule has 0 aliphatic carbocycles. The van der Waals surface area contributed by atoms with Gasteiger partial charge >= 0.3 is 6.61 Å². The summed E-state index contributed by atoms with van der Waals surface area (Å²) >= 11 is 6.85. The molecule has 0 bridgehead atoms. The number of hydrogen-bond donors (Lipinski definition) is 1. The quantitative estimate of drug-likeness (QED) is 0.410. The zero-order valence-corrected chi connectivity index (χ0v) is 17.3. The standard InChI is InChI=1S/C19H12ClF2N3O3S2/c20-12-4-6-16(17(9-12)28-18(21)22)15-3-1-2-11-8-13(5-7-14(11)15)30(26,27)25-19-23-10-24-29-19/h1-10,18H,(H,23,24,25). The molecule has 0 fully saturated rings. The number of aromatic nitrogens is 2. The second-order valence-corrected chi connectivity index (χ2v) is 8.96. The Morgan fingerprint density at radius 1 is 1.07 bits per heavy atom. The second-order valence-electron chi connectivity index (χ2n) is 6.06. The monoisotopic (exact) mass is 467 g/mol. The number of hydrogen-bond acceptors (Lipinski definition) is 6. The van der Waals surface area contributed by atoms with Crippen molar-refractivity contribution >= 4 is 49.1 Å². The molecule has 4 aromatic rings. The van der Waals surface area contributed by atoms with Gasteiger partial charge in [-0.05, 0) is 46.7 Å².